The van der Waals surface area contributed by atoms with Crippen molar-refractivity contribution in [1.29, 1.82) is 0 Å². The lowest BCUT2D eigenvalue weighted by Crippen LogP contribution is -2.43. The van der Waals surface area contributed by atoms with Gasteiger partial charge in [-0.3, -0.25) is 0 Å². The van der Waals surface area contributed by atoms with Gasteiger partial charge >= 0.3 is 0 Å². The van der Waals surface area contributed by atoms with E-state index in [1.807, 2.05) is 38.1 Å². The van der Waals surface area contributed by atoms with E-state index in [0.29, 0.717) is 25.7 Å². The van der Waals surface area contributed by atoms with Gasteiger partial charge in [0.1, 0.15) is 18.5 Å². The van der Waals surface area contributed by atoms with Crippen LogP contribution >= 0.6 is 0 Å². The number of aliphatic hydroxyl groups is 1. The van der Waals surface area contributed by atoms with Gasteiger partial charge in [0.15, 0.2) is 0 Å². The standard InChI is InChI=1S/C17H29NO3/c1-5-20-12-17(13(2)3)18-10-15(19)11-21-16-8-6-14(4)7-9-16/h6-9,13,15,17-19H,5,10-12H2,1-4H3. The van der Waals surface area contributed by atoms with Gasteiger partial charge in [-0.1, -0.05) is 31.5 Å². The molecule has 2 N–H and O–H groups in total. The highest BCUT2D eigenvalue weighted by Gasteiger charge is 2.15. The Morgan fingerprint density at radius 1 is 1.14 bits per heavy atom. The molecular weight excluding hydrogens is 266 g/mol. The third kappa shape index (κ3) is 7.46. The van der Waals surface area contributed by atoms with Crippen LogP contribution < -0.4 is 10.1 Å². The van der Waals surface area contributed by atoms with E-state index in [0.717, 1.165) is 5.75 Å². The maximum Gasteiger partial charge on any atom is 0.119 e. The van der Waals surface area contributed by atoms with Crippen molar-refractivity contribution in [2.75, 3.05) is 26.4 Å². The largest absolute Gasteiger partial charge is 0.491 e. The van der Waals surface area contributed by atoms with E-state index in [4.69, 9.17) is 9.47 Å². The third-order valence-electron chi connectivity index (χ3n) is 3.39. The molecule has 1 aromatic carbocycles. The van der Waals surface area contributed by atoms with Crippen LogP contribution in [0.5, 0.6) is 5.75 Å². The molecule has 0 amide bonds. The van der Waals surface area contributed by atoms with Crippen LogP contribution in [0.2, 0.25) is 0 Å². The Morgan fingerprint density at radius 3 is 2.38 bits per heavy atom. The summed E-state index contributed by atoms with van der Waals surface area (Å²) >= 11 is 0. The Morgan fingerprint density at radius 2 is 1.81 bits per heavy atom. The summed E-state index contributed by atoms with van der Waals surface area (Å²) in [4.78, 5) is 0. The molecule has 0 fully saturated rings. The summed E-state index contributed by atoms with van der Waals surface area (Å²) in [5, 5.41) is 13.3. The first-order valence-electron chi connectivity index (χ1n) is 7.71. The number of aryl methyl sites for hydroxylation is 1. The monoisotopic (exact) mass is 295 g/mol. The normalized spacial score (nSPS) is 14.2. The van der Waals surface area contributed by atoms with Gasteiger partial charge in [0.25, 0.3) is 0 Å². The number of rotatable bonds is 10. The first-order chi connectivity index (χ1) is 10.0. The van der Waals surface area contributed by atoms with E-state index in [1.54, 1.807) is 0 Å². The van der Waals surface area contributed by atoms with Crippen LogP contribution in [0.4, 0.5) is 0 Å². The lowest BCUT2D eigenvalue weighted by atomic mass is 10.1. The second-order valence-corrected chi connectivity index (χ2v) is 5.70. The van der Waals surface area contributed by atoms with E-state index in [2.05, 4.69) is 19.2 Å². The highest BCUT2D eigenvalue weighted by molar-refractivity contribution is 5.26. The van der Waals surface area contributed by atoms with E-state index in [9.17, 15) is 5.11 Å². The van der Waals surface area contributed by atoms with Crippen molar-refractivity contribution >= 4 is 0 Å². The minimum Gasteiger partial charge on any atom is -0.491 e. The summed E-state index contributed by atoms with van der Waals surface area (Å²) in [7, 11) is 0. The number of benzene rings is 1. The maximum absolute atomic E-state index is 9.99. The molecule has 0 spiro atoms. The Hall–Kier alpha value is -1.10. The van der Waals surface area contributed by atoms with Crippen LogP contribution in [0.1, 0.15) is 26.3 Å². The summed E-state index contributed by atoms with van der Waals surface area (Å²) < 4.78 is 11.0. The number of aliphatic hydroxyl groups excluding tert-OH is 1. The van der Waals surface area contributed by atoms with Crippen molar-refractivity contribution < 1.29 is 14.6 Å². The Balaban J connectivity index is 2.28. The summed E-state index contributed by atoms with van der Waals surface area (Å²) in [5.74, 6) is 1.25. The smallest absolute Gasteiger partial charge is 0.119 e. The quantitative estimate of drug-likeness (QED) is 0.696. The lowest BCUT2D eigenvalue weighted by molar-refractivity contribution is 0.0799. The SMILES string of the molecule is CCOCC(NCC(O)COc1ccc(C)cc1)C(C)C. The molecule has 0 aliphatic rings. The zero-order valence-electron chi connectivity index (χ0n) is 13.6. The topological polar surface area (TPSA) is 50.7 Å². The van der Waals surface area contributed by atoms with Crippen LogP contribution in [0.25, 0.3) is 0 Å². The number of ether oxygens (including phenoxy) is 2. The maximum atomic E-state index is 9.99. The highest BCUT2D eigenvalue weighted by atomic mass is 16.5. The van der Waals surface area contributed by atoms with Crippen LogP contribution in [0.15, 0.2) is 24.3 Å². The van der Waals surface area contributed by atoms with Crippen LogP contribution in [-0.4, -0.2) is 43.6 Å². The van der Waals surface area contributed by atoms with Gasteiger partial charge < -0.3 is 19.9 Å². The van der Waals surface area contributed by atoms with Crippen molar-refractivity contribution in [3.63, 3.8) is 0 Å². The zero-order chi connectivity index (χ0) is 15.7. The molecule has 2 atom stereocenters. The molecule has 0 aliphatic heterocycles. The molecular formula is C17H29NO3. The zero-order valence-corrected chi connectivity index (χ0v) is 13.6. The molecule has 0 radical (unpaired) electrons. The molecule has 21 heavy (non-hydrogen) atoms. The van der Waals surface area contributed by atoms with Gasteiger partial charge in [-0.15, -0.1) is 0 Å². The second kappa shape index (κ2) is 9.77. The van der Waals surface area contributed by atoms with Crippen molar-refractivity contribution in [3.05, 3.63) is 29.8 Å². The average Bonchev–Trinajstić information content (AvgIpc) is 2.46. The molecule has 2 unspecified atom stereocenters. The molecule has 0 heterocycles. The number of nitrogens with one attached hydrogen (secondary N) is 1. The fraction of sp³-hybridized carbons (Fsp3) is 0.647. The van der Waals surface area contributed by atoms with Crippen molar-refractivity contribution in [2.45, 2.75) is 39.8 Å². The van der Waals surface area contributed by atoms with E-state index < -0.39 is 6.10 Å². The number of hydrogen-bond donors (Lipinski definition) is 2. The van der Waals surface area contributed by atoms with Crippen LogP contribution in [-0.2, 0) is 4.74 Å². The molecule has 0 saturated carbocycles. The highest BCUT2D eigenvalue weighted by Crippen LogP contribution is 2.11. The molecule has 4 nitrogen and oxygen atoms in total. The summed E-state index contributed by atoms with van der Waals surface area (Å²) in [5.41, 5.74) is 1.19. The molecule has 0 aromatic heterocycles. The molecule has 4 heteroatoms. The van der Waals surface area contributed by atoms with Crippen molar-refractivity contribution in [3.8, 4) is 5.75 Å². The second-order valence-electron chi connectivity index (χ2n) is 5.70. The van der Waals surface area contributed by atoms with E-state index in [-0.39, 0.29) is 12.6 Å². The Bertz CT molecular complexity index is 378. The Labute approximate surface area is 128 Å². The first-order valence-corrected chi connectivity index (χ1v) is 7.71. The van der Waals surface area contributed by atoms with Gasteiger partial charge in [0.2, 0.25) is 0 Å². The minimum absolute atomic E-state index is 0.249. The molecule has 1 aromatic rings. The summed E-state index contributed by atoms with van der Waals surface area (Å²) in [6.07, 6.45) is -0.533. The predicted molar refractivity (Wildman–Crippen MR) is 85.8 cm³/mol. The van der Waals surface area contributed by atoms with Crippen LogP contribution in [0, 0.1) is 12.8 Å². The first kappa shape index (κ1) is 18.0. The summed E-state index contributed by atoms with van der Waals surface area (Å²) in [6.45, 7) is 10.5. The summed E-state index contributed by atoms with van der Waals surface area (Å²) in [6, 6.07) is 8.08. The number of hydrogen-bond acceptors (Lipinski definition) is 4. The minimum atomic E-state index is -0.533. The van der Waals surface area contributed by atoms with Crippen molar-refractivity contribution in [2.24, 2.45) is 5.92 Å². The molecule has 0 bridgehead atoms. The van der Waals surface area contributed by atoms with Crippen LogP contribution in [0.3, 0.4) is 0 Å². The Kier molecular flexibility index (Phi) is 8.35. The van der Waals surface area contributed by atoms with Crippen molar-refractivity contribution in [1.82, 2.24) is 5.32 Å². The van der Waals surface area contributed by atoms with E-state index in [1.165, 1.54) is 5.56 Å². The fourth-order valence-corrected chi connectivity index (χ4v) is 1.91. The third-order valence-corrected chi connectivity index (χ3v) is 3.39. The molecule has 0 aliphatic carbocycles. The molecule has 120 valence electrons. The van der Waals surface area contributed by atoms with Gasteiger partial charge in [-0.25, -0.2) is 0 Å². The van der Waals surface area contributed by atoms with Gasteiger partial charge in [0.05, 0.1) is 6.61 Å². The lowest BCUT2D eigenvalue weighted by Gasteiger charge is -2.23. The van der Waals surface area contributed by atoms with Gasteiger partial charge in [-0.2, -0.15) is 0 Å². The van der Waals surface area contributed by atoms with Gasteiger partial charge in [-0.05, 0) is 31.9 Å². The fourth-order valence-electron chi connectivity index (χ4n) is 1.91. The molecule has 0 saturated heterocycles. The average molecular weight is 295 g/mol. The predicted octanol–water partition coefficient (Wildman–Crippen LogP) is 2.39. The van der Waals surface area contributed by atoms with E-state index >= 15 is 0 Å². The van der Waals surface area contributed by atoms with Gasteiger partial charge in [0, 0.05) is 19.2 Å². The molecule has 1 rings (SSSR count).